The van der Waals surface area contributed by atoms with Crippen LogP contribution in [0.2, 0.25) is 0 Å². The Morgan fingerprint density at radius 3 is 2.61 bits per heavy atom. The highest BCUT2D eigenvalue weighted by atomic mass is 16.5. The first-order valence-corrected chi connectivity index (χ1v) is 12.2. The van der Waals surface area contributed by atoms with Crippen molar-refractivity contribution in [1.29, 1.82) is 0 Å². The van der Waals surface area contributed by atoms with E-state index in [0.29, 0.717) is 18.2 Å². The van der Waals surface area contributed by atoms with Crippen LogP contribution in [-0.4, -0.2) is 43.4 Å². The molecule has 1 saturated carbocycles. The maximum absolute atomic E-state index is 5.98. The number of rotatable bonds is 7. The molecule has 3 N–H and O–H groups in total. The number of ether oxygens (including phenoxy) is 1. The second-order valence-corrected chi connectivity index (χ2v) is 9.30. The number of imidazole rings is 1. The highest BCUT2D eigenvalue weighted by Gasteiger charge is 2.31. The van der Waals surface area contributed by atoms with E-state index < -0.39 is 0 Å². The highest BCUT2D eigenvalue weighted by Crippen LogP contribution is 2.41. The number of nitrogens with one attached hydrogen (secondary N) is 1. The number of aryl methyl sites for hydroxylation is 1. The van der Waals surface area contributed by atoms with Gasteiger partial charge in [-0.05, 0) is 35.6 Å². The van der Waals surface area contributed by atoms with E-state index in [4.69, 9.17) is 20.6 Å². The Kier molecular flexibility index (Phi) is 5.75. The van der Waals surface area contributed by atoms with Crippen molar-refractivity contribution >= 4 is 11.3 Å². The number of hydrogen-bond acceptors (Lipinski definition) is 6. The third kappa shape index (κ3) is 3.94. The van der Waals surface area contributed by atoms with E-state index >= 15 is 0 Å². The minimum absolute atomic E-state index is 0.282. The zero-order valence-electron chi connectivity index (χ0n) is 20.4. The predicted octanol–water partition coefficient (Wildman–Crippen LogP) is 4.51. The largest absolute Gasteiger partial charge is 0.381 e. The number of fused-ring (bicyclic) bond motifs is 1. The van der Waals surface area contributed by atoms with Gasteiger partial charge in [-0.1, -0.05) is 48.5 Å². The van der Waals surface area contributed by atoms with Gasteiger partial charge in [0.05, 0.1) is 6.10 Å². The molecule has 1 aliphatic carbocycles. The lowest BCUT2D eigenvalue weighted by Gasteiger charge is -2.35. The molecule has 3 aromatic heterocycles. The number of benzene rings is 2. The Bertz CT molecular complexity index is 1520. The standard InChI is InChI=1S/C28H29N7O/c1-34-12-11-30-28(34)27-32-26(31-21-14-22(15-21)36-2)25-24(19-8-4-3-5-9-19)23(17-35(25)33-27)20-10-6-7-18(13-20)16-29/h3-13,17,21-22H,14-16,29H2,1-2H3,(H,31,32,33). The van der Waals surface area contributed by atoms with Crippen molar-refractivity contribution in [2.75, 3.05) is 12.4 Å². The molecule has 5 aromatic rings. The van der Waals surface area contributed by atoms with E-state index in [9.17, 15) is 0 Å². The average Bonchev–Trinajstić information content (AvgIpc) is 3.50. The molecular formula is C28H29N7O. The normalized spacial score (nSPS) is 17.3. The summed E-state index contributed by atoms with van der Waals surface area (Å²) < 4.78 is 9.39. The minimum Gasteiger partial charge on any atom is -0.381 e. The second-order valence-electron chi connectivity index (χ2n) is 9.30. The summed E-state index contributed by atoms with van der Waals surface area (Å²) in [7, 11) is 3.72. The Labute approximate surface area is 209 Å². The molecule has 2 aromatic carbocycles. The Morgan fingerprint density at radius 2 is 1.89 bits per heavy atom. The lowest BCUT2D eigenvalue weighted by molar-refractivity contribution is 0.0328. The van der Waals surface area contributed by atoms with E-state index in [1.54, 1.807) is 13.3 Å². The SMILES string of the molecule is COC1CC(Nc2nc(-c3nccn3C)nn3cc(-c4cccc(CN)c4)c(-c4ccccc4)c23)C1. The highest BCUT2D eigenvalue weighted by molar-refractivity contribution is 5.99. The van der Waals surface area contributed by atoms with Crippen LogP contribution in [0.3, 0.4) is 0 Å². The fourth-order valence-corrected chi connectivity index (χ4v) is 4.91. The van der Waals surface area contributed by atoms with Crippen LogP contribution < -0.4 is 11.1 Å². The van der Waals surface area contributed by atoms with Gasteiger partial charge in [-0.25, -0.2) is 14.5 Å². The summed E-state index contributed by atoms with van der Waals surface area (Å²) >= 11 is 0. The van der Waals surface area contributed by atoms with Crippen molar-refractivity contribution in [3.63, 3.8) is 0 Å². The van der Waals surface area contributed by atoms with Gasteiger partial charge in [-0.3, -0.25) is 0 Å². The number of hydrogen-bond donors (Lipinski definition) is 2. The maximum atomic E-state index is 5.98. The van der Waals surface area contributed by atoms with E-state index in [-0.39, 0.29) is 12.1 Å². The Balaban J connectivity index is 1.60. The smallest absolute Gasteiger partial charge is 0.218 e. The molecule has 0 aliphatic heterocycles. The lowest BCUT2D eigenvalue weighted by atomic mass is 9.89. The molecule has 0 radical (unpaired) electrons. The van der Waals surface area contributed by atoms with Gasteiger partial charge in [0.2, 0.25) is 5.82 Å². The van der Waals surface area contributed by atoms with Crippen LogP contribution in [-0.2, 0) is 18.3 Å². The summed E-state index contributed by atoms with van der Waals surface area (Å²) in [5.41, 5.74) is 12.4. The monoisotopic (exact) mass is 479 g/mol. The molecule has 1 fully saturated rings. The molecule has 0 bridgehead atoms. The molecule has 3 heterocycles. The van der Waals surface area contributed by atoms with E-state index in [1.165, 1.54) is 0 Å². The fraction of sp³-hybridized carbons (Fsp3) is 0.250. The zero-order valence-corrected chi connectivity index (χ0v) is 20.4. The molecule has 0 unspecified atom stereocenters. The lowest BCUT2D eigenvalue weighted by Crippen LogP contribution is -2.40. The molecule has 8 nitrogen and oxygen atoms in total. The van der Waals surface area contributed by atoms with Crippen molar-refractivity contribution in [2.24, 2.45) is 12.8 Å². The van der Waals surface area contributed by atoms with Crippen LogP contribution in [0.4, 0.5) is 5.82 Å². The summed E-state index contributed by atoms with van der Waals surface area (Å²) in [5.74, 6) is 2.07. The number of nitrogens with two attached hydrogens (primary N) is 1. The summed E-state index contributed by atoms with van der Waals surface area (Å²) in [5, 5.41) is 8.63. The van der Waals surface area contributed by atoms with Crippen LogP contribution >= 0.6 is 0 Å². The number of methoxy groups -OCH3 is 1. The summed E-state index contributed by atoms with van der Waals surface area (Å²) in [4.78, 5) is 9.52. The van der Waals surface area contributed by atoms with Gasteiger partial charge < -0.3 is 20.4 Å². The molecule has 1 aliphatic rings. The van der Waals surface area contributed by atoms with Crippen LogP contribution in [0, 0.1) is 0 Å². The third-order valence-electron chi connectivity index (χ3n) is 6.96. The first-order valence-electron chi connectivity index (χ1n) is 12.2. The van der Waals surface area contributed by atoms with Crippen molar-refractivity contribution in [1.82, 2.24) is 24.1 Å². The quantitative estimate of drug-likeness (QED) is 0.357. The number of anilines is 1. The first-order chi connectivity index (χ1) is 17.6. The predicted molar refractivity (Wildman–Crippen MR) is 141 cm³/mol. The van der Waals surface area contributed by atoms with E-state index in [1.807, 2.05) is 28.4 Å². The number of nitrogens with zero attached hydrogens (tertiary/aromatic N) is 5. The van der Waals surface area contributed by atoms with Gasteiger partial charge >= 0.3 is 0 Å². The maximum Gasteiger partial charge on any atom is 0.218 e. The van der Waals surface area contributed by atoms with E-state index in [0.717, 1.165) is 52.0 Å². The average molecular weight is 480 g/mol. The van der Waals surface area contributed by atoms with Crippen LogP contribution in [0.5, 0.6) is 0 Å². The summed E-state index contributed by atoms with van der Waals surface area (Å²) in [6, 6.07) is 19.1. The molecule has 8 heteroatoms. The number of aromatic nitrogens is 5. The minimum atomic E-state index is 0.282. The Morgan fingerprint density at radius 1 is 1.08 bits per heavy atom. The summed E-state index contributed by atoms with van der Waals surface area (Å²) in [6.07, 6.45) is 7.92. The van der Waals surface area contributed by atoms with Gasteiger partial charge in [0, 0.05) is 56.5 Å². The topological polar surface area (TPSA) is 95.3 Å². The van der Waals surface area contributed by atoms with Crippen LogP contribution in [0.1, 0.15) is 18.4 Å². The molecule has 0 atom stereocenters. The van der Waals surface area contributed by atoms with Gasteiger partial charge in [0.15, 0.2) is 11.6 Å². The van der Waals surface area contributed by atoms with Crippen molar-refractivity contribution < 1.29 is 4.74 Å². The fourth-order valence-electron chi connectivity index (χ4n) is 4.91. The molecule has 36 heavy (non-hydrogen) atoms. The summed E-state index contributed by atoms with van der Waals surface area (Å²) in [6.45, 7) is 0.486. The molecule has 0 spiro atoms. The van der Waals surface area contributed by atoms with Gasteiger partial charge in [0.25, 0.3) is 0 Å². The molecule has 0 amide bonds. The molecule has 0 saturated heterocycles. The van der Waals surface area contributed by atoms with Crippen molar-refractivity contribution in [3.8, 4) is 33.9 Å². The van der Waals surface area contributed by atoms with Crippen LogP contribution in [0.25, 0.3) is 39.4 Å². The van der Waals surface area contributed by atoms with Gasteiger partial charge in [-0.2, -0.15) is 0 Å². The molecule has 182 valence electrons. The van der Waals surface area contributed by atoms with Crippen LogP contribution in [0.15, 0.2) is 73.2 Å². The zero-order chi connectivity index (χ0) is 24.6. The Hall–Kier alpha value is -4.01. The van der Waals surface area contributed by atoms with Gasteiger partial charge in [0.1, 0.15) is 5.52 Å². The first kappa shape index (κ1) is 22.5. The second kappa shape index (κ2) is 9.22. The van der Waals surface area contributed by atoms with Crippen molar-refractivity contribution in [2.45, 2.75) is 31.5 Å². The van der Waals surface area contributed by atoms with Gasteiger partial charge in [-0.15, -0.1) is 5.10 Å². The van der Waals surface area contributed by atoms with Crippen molar-refractivity contribution in [3.05, 3.63) is 78.8 Å². The van der Waals surface area contributed by atoms with E-state index in [2.05, 4.69) is 65.0 Å². The molecular weight excluding hydrogens is 450 g/mol. The third-order valence-corrected chi connectivity index (χ3v) is 6.96. The molecule has 6 rings (SSSR count).